The lowest BCUT2D eigenvalue weighted by Gasteiger charge is -2.40. The normalized spacial score (nSPS) is 15.2. The monoisotopic (exact) mass is 520 g/mol. The Balaban J connectivity index is 1.58. The molecule has 2 amide bonds. The van der Waals surface area contributed by atoms with Crippen molar-refractivity contribution in [2.45, 2.75) is 26.4 Å². The van der Waals surface area contributed by atoms with Crippen molar-refractivity contribution < 1.29 is 14.3 Å². The third kappa shape index (κ3) is 6.77. The molecule has 1 aliphatic rings. The number of carbonyl (C=O) groups is 2. The molecule has 0 spiro atoms. The summed E-state index contributed by atoms with van der Waals surface area (Å²) in [4.78, 5) is 31.5. The average molecular weight is 521 g/mol. The van der Waals surface area contributed by atoms with Crippen molar-refractivity contribution in [2.75, 3.05) is 51.7 Å². The zero-order chi connectivity index (χ0) is 26.2. The highest BCUT2D eigenvalue weighted by atomic mass is 32.1. The molecule has 3 aromatic rings. The topological polar surface area (TPSA) is 65.1 Å². The van der Waals surface area contributed by atoms with E-state index in [0.29, 0.717) is 24.3 Å². The number of benzene rings is 2. The molecular formula is C29H36N4O3S. The van der Waals surface area contributed by atoms with Crippen LogP contribution in [0.2, 0.25) is 0 Å². The van der Waals surface area contributed by atoms with Crippen molar-refractivity contribution >= 4 is 29.0 Å². The summed E-state index contributed by atoms with van der Waals surface area (Å²) in [5.74, 6) is 0.0550. The van der Waals surface area contributed by atoms with Crippen molar-refractivity contribution in [3.63, 3.8) is 0 Å². The maximum Gasteiger partial charge on any atom is 0.411 e. The highest BCUT2D eigenvalue weighted by Gasteiger charge is 2.27. The second-order valence-electron chi connectivity index (χ2n) is 9.19. The van der Waals surface area contributed by atoms with E-state index in [2.05, 4.69) is 50.1 Å². The first-order valence-electron chi connectivity index (χ1n) is 12.8. The Morgan fingerprint density at radius 3 is 2.35 bits per heavy atom. The van der Waals surface area contributed by atoms with Gasteiger partial charge in [0.2, 0.25) is 0 Å². The molecule has 0 radical (unpaired) electrons. The van der Waals surface area contributed by atoms with E-state index >= 15 is 0 Å². The van der Waals surface area contributed by atoms with E-state index in [4.69, 9.17) is 4.74 Å². The molecule has 0 aliphatic carbocycles. The molecule has 1 fully saturated rings. The maximum atomic E-state index is 12.9. The zero-order valence-corrected chi connectivity index (χ0v) is 22.7. The number of anilines is 1. The number of nitrogens with one attached hydrogen (secondary N) is 1. The lowest BCUT2D eigenvalue weighted by atomic mass is 9.94. The second-order valence-corrected chi connectivity index (χ2v) is 9.97. The molecule has 1 N–H and O–H groups in total. The third-order valence-corrected chi connectivity index (χ3v) is 7.65. The number of rotatable bonds is 9. The van der Waals surface area contributed by atoms with Crippen LogP contribution in [-0.4, -0.2) is 73.1 Å². The van der Waals surface area contributed by atoms with Gasteiger partial charge in [0.25, 0.3) is 5.91 Å². The van der Waals surface area contributed by atoms with Gasteiger partial charge < -0.3 is 9.64 Å². The van der Waals surface area contributed by atoms with Gasteiger partial charge >= 0.3 is 6.09 Å². The van der Waals surface area contributed by atoms with Crippen LogP contribution >= 0.6 is 11.3 Å². The maximum absolute atomic E-state index is 12.9. The van der Waals surface area contributed by atoms with E-state index in [9.17, 15) is 9.59 Å². The number of methoxy groups -OCH3 is 1. The summed E-state index contributed by atoms with van der Waals surface area (Å²) in [6.45, 7) is 10.1. The number of carbonyl (C=O) groups excluding carboxylic acids is 2. The van der Waals surface area contributed by atoms with E-state index in [0.717, 1.165) is 43.9 Å². The summed E-state index contributed by atoms with van der Waals surface area (Å²) >= 11 is 1.74. The molecule has 1 saturated heterocycles. The Morgan fingerprint density at radius 1 is 1.00 bits per heavy atom. The minimum Gasteiger partial charge on any atom is -0.453 e. The van der Waals surface area contributed by atoms with Gasteiger partial charge in [-0.25, -0.2) is 4.79 Å². The molecule has 4 rings (SSSR count). The summed E-state index contributed by atoms with van der Waals surface area (Å²) in [7, 11) is 1.36. The number of piperazine rings is 1. The van der Waals surface area contributed by atoms with Gasteiger partial charge in [-0.2, -0.15) is 11.3 Å². The molecule has 1 aliphatic heterocycles. The second kappa shape index (κ2) is 12.9. The molecule has 8 heteroatoms. The van der Waals surface area contributed by atoms with Crippen LogP contribution in [0.3, 0.4) is 0 Å². The molecule has 37 heavy (non-hydrogen) atoms. The molecule has 196 valence electrons. The highest BCUT2D eigenvalue weighted by molar-refractivity contribution is 7.07. The fourth-order valence-corrected chi connectivity index (χ4v) is 5.55. The van der Waals surface area contributed by atoms with Gasteiger partial charge in [0, 0.05) is 57.1 Å². The fourth-order valence-electron chi connectivity index (χ4n) is 4.89. The summed E-state index contributed by atoms with van der Waals surface area (Å²) in [5.41, 5.74) is 4.97. The molecule has 7 nitrogen and oxygen atoms in total. The van der Waals surface area contributed by atoms with Crippen molar-refractivity contribution in [3.8, 4) is 0 Å². The zero-order valence-electron chi connectivity index (χ0n) is 21.9. The lowest BCUT2D eigenvalue weighted by molar-refractivity contribution is 0.0772. The van der Waals surface area contributed by atoms with E-state index in [-0.39, 0.29) is 11.9 Å². The molecule has 2 heterocycles. The van der Waals surface area contributed by atoms with Gasteiger partial charge in [-0.15, -0.1) is 0 Å². The Bertz CT molecular complexity index is 1150. The van der Waals surface area contributed by atoms with Crippen LogP contribution in [-0.2, 0) is 11.3 Å². The number of hydrogen-bond donors (Lipinski definition) is 1. The van der Waals surface area contributed by atoms with Crippen molar-refractivity contribution in [1.82, 2.24) is 14.7 Å². The Kier molecular flexibility index (Phi) is 9.33. The molecule has 0 unspecified atom stereocenters. The molecule has 0 bridgehead atoms. The fraction of sp³-hybridized carbons (Fsp3) is 0.379. The Morgan fingerprint density at radius 2 is 1.73 bits per heavy atom. The van der Waals surface area contributed by atoms with Crippen LogP contribution in [0.1, 0.15) is 46.9 Å². The number of amides is 2. The van der Waals surface area contributed by atoms with Gasteiger partial charge in [-0.1, -0.05) is 24.3 Å². The van der Waals surface area contributed by atoms with Crippen LogP contribution in [0, 0.1) is 0 Å². The first-order chi connectivity index (χ1) is 18.0. The largest absolute Gasteiger partial charge is 0.453 e. The van der Waals surface area contributed by atoms with Crippen LogP contribution in [0.25, 0.3) is 0 Å². The van der Waals surface area contributed by atoms with Crippen LogP contribution in [0.5, 0.6) is 0 Å². The van der Waals surface area contributed by atoms with Crippen LogP contribution in [0.15, 0.2) is 65.4 Å². The van der Waals surface area contributed by atoms with Gasteiger partial charge in [0.1, 0.15) is 0 Å². The van der Waals surface area contributed by atoms with Crippen molar-refractivity contribution in [1.29, 1.82) is 0 Å². The van der Waals surface area contributed by atoms with E-state index < -0.39 is 6.09 Å². The van der Waals surface area contributed by atoms with E-state index in [1.165, 1.54) is 12.7 Å². The standard InChI is InChI=1S/C29H36N4O3S/c1-4-32(5-2)28(34)24-11-9-23(10-12-24)27(25-7-6-8-26(19-25)30-29(35)36-3)33-16-14-31(15-17-33)20-22-13-18-37-21-22/h6-13,18-19,21,27H,4-5,14-17,20H2,1-3H3,(H,30,35)/t27-/m0/s1. The summed E-state index contributed by atoms with van der Waals surface area (Å²) in [6, 6.07) is 18.1. The molecule has 1 aromatic heterocycles. The third-order valence-electron chi connectivity index (χ3n) is 6.92. The SMILES string of the molecule is CCN(CC)C(=O)c1ccc([C@@H](c2cccc(NC(=O)OC)c2)N2CCN(Cc3ccsc3)CC2)cc1. The van der Waals surface area contributed by atoms with Gasteiger partial charge in [-0.3, -0.25) is 19.9 Å². The minimum absolute atomic E-state index is 0.000278. The molecular weight excluding hydrogens is 484 g/mol. The molecule has 2 aromatic carbocycles. The predicted molar refractivity (Wildman–Crippen MR) is 149 cm³/mol. The number of ether oxygens (including phenoxy) is 1. The Labute approximate surface area is 223 Å². The first-order valence-corrected chi connectivity index (χ1v) is 13.8. The quantitative estimate of drug-likeness (QED) is 0.414. The van der Waals surface area contributed by atoms with E-state index in [1.807, 2.05) is 49.1 Å². The van der Waals surface area contributed by atoms with Crippen LogP contribution < -0.4 is 5.32 Å². The van der Waals surface area contributed by atoms with Crippen LogP contribution in [0.4, 0.5) is 10.5 Å². The first kappa shape index (κ1) is 26.9. The predicted octanol–water partition coefficient (Wildman–Crippen LogP) is 5.32. The number of thiophene rings is 1. The lowest BCUT2D eigenvalue weighted by Crippen LogP contribution is -2.47. The summed E-state index contributed by atoms with van der Waals surface area (Å²) in [5, 5.41) is 7.13. The summed E-state index contributed by atoms with van der Waals surface area (Å²) < 4.78 is 4.78. The summed E-state index contributed by atoms with van der Waals surface area (Å²) in [6.07, 6.45) is -0.491. The molecule has 1 atom stereocenters. The number of nitrogens with zero attached hydrogens (tertiary/aromatic N) is 3. The smallest absolute Gasteiger partial charge is 0.411 e. The van der Waals surface area contributed by atoms with E-state index in [1.54, 1.807) is 11.3 Å². The number of hydrogen-bond acceptors (Lipinski definition) is 6. The van der Waals surface area contributed by atoms with Gasteiger partial charge in [0.15, 0.2) is 0 Å². The molecule has 0 saturated carbocycles. The van der Waals surface area contributed by atoms with Gasteiger partial charge in [-0.05, 0) is 71.6 Å². The average Bonchev–Trinajstić information content (AvgIpc) is 3.44. The minimum atomic E-state index is -0.491. The Hall–Kier alpha value is -3.20. The van der Waals surface area contributed by atoms with Gasteiger partial charge in [0.05, 0.1) is 13.2 Å². The highest BCUT2D eigenvalue weighted by Crippen LogP contribution is 2.32. The van der Waals surface area contributed by atoms with Crippen molar-refractivity contribution in [3.05, 3.63) is 87.6 Å². The van der Waals surface area contributed by atoms with Crippen molar-refractivity contribution in [2.24, 2.45) is 0 Å².